The number of amides is 2. The molecule has 0 radical (unpaired) electrons. The first-order valence-corrected chi connectivity index (χ1v) is 9.91. The zero-order chi connectivity index (χ0) is 19.2. The molecule has 2 aromatic carbocycles. The number of carbonyl (C=O) groups excluding carboxylic acids is 2. The Morgan fingerprint density at radius 3 is 2.74 bits per heavy atom. The third-order valence-electron chi connectivity index (χ3n) is 4.11. The molecule has 0 spiro atoms. The van der Waals surface area contributed by atoms with E-state index in [-0.39, 0.29) is 6.61 Å². The predicted octanol–water partition coefficient (Wildman–Crippen LogP) is 3.35. The number of ether oxygens (including phenoxy) is 1. The number of rotatable bonds is 5. The van der Waals surface area contributed by atoms with Crippen molar-refractivity contribution < 1.29 is 14.3 Å². The minimum atomic E-state index is -1.04. The lowest BCUT2D eigenvalue weighted by molar-refractivity contribution is -0.117. The molecule has 1 aliphatic rings. The van der Waals surface area contributed by atoms with Gasteiger partial charge in [-0.2, -0.15) is 11.8 Å². The van der Waals surface area contributed by atoms with E-state index in [1.807, 2.05) is 61.7 Å². The number of aliphatic imine (C=N–C) groups is 1. The maximum Gasteiger partial charge on any atom is 0.409 e. The van der Waals surface area contributed by atoms with Crippen molar-refractivity contribution in [3.8, 4) is 0 Å². The number of hydrogen-bond acceptors (Lipinski definition) is 5. The summed E-state index contributed by atoms with van der Waals surface area (Å²) in [6, 6.07) is 15.1. The number of nitrogens with zero attached hydrogens (tertiary/aromatic N) is 1. The van der Waals surface area contributed by atoms with Gasteiger partial charge in [0.2, 0.25) is 6.17 Å². The highest BCUT2D eigenvalue weighted by Gasteiger charge is 2.27. The van der Waals surface area contributed by atoms with Crippen LogP contribution in [0, 0.1) is 6.92 Å². The van der Waals surface area contributed by atoms with Crippen LogP contribution < -0.4 is 10.6 Å². The van der Waals surface area contributed by atoms with Crippen LogP contribution in [0.5, 0.6) is 0 Å². The van der Waals surface area contributed by atoms with E-state index < -0.39 is 18.2 Å². The number of aryl methyl sites for hydroxylation is 1. The zero-order valence-electron chi connectivity index (χ0n) is 15.2. The van der Waals surface area contributed by atoms with E-state index >= 15 is 0 Å². The second-order valence-corrected chi connectivity index (χ2v) is 6.97. The number of carbonyl (C=O) groups is 2. The molecule has 1 heterocycles. The molecule has 0 saturated heterocycles. The van der Waals surface area contributed by atoms with E-state index in [0.29, 0.717) is 5.75 Å². The average Bonchev–Trinajstić information content (AvgIpc) is 2.80. The van der Waals surface area contributed by atoms with Gasteiger partial charge < -0.3 is 10.1 Å². The second-order valence-electron chi connectivity index (χ2n) is 6.10. The van der Waals surface area contributed by atoms with Gasteiger partial charge in [-0.15, -0.1) is 0 Å². The van der Waals surface area contributed by atoms with Crippen LogP contribution in [-0.4, -0.2) is 35.9 Å². The highest BCUT2D eigenvalue weighted by atomic mass is 32.2. The molecule has 2 N–H and O–H groups in total. The second kappa shape index (κ2) is 8.73. The van der Waals surface area contributed by atoms with Crippen LogP contribution in [0.1, 0.15) is 16.7 Å². The smallest absolute Gasteiger partial charge is 0.409 e. The van der Waals surface area contributed by atoms with Crippen LogP contribution in [0.15, 0.2) is 53.5 Å². The number of benzodiazepines with no additional fused rings is 1. The number of alkyl carbamates (subject to hydrolysis) is 1. The summed E-state index contributed by atoms with van der Waals surface area (Å²) < 4.78 is 5.21. The molecular weight excluding hydrogens is 362 g/mol. The highest BCUT2D eigenvalue weighted by molar-refractivity contribution is 7.99. The normalized spacial score (nSPS) is 15.9. The molecule has 3 rings (SSSR count). The summed E-state index contributed by atoms with van der Waals surface area (Å²) in [5.74, 6) is 0.237. The maximum atomic E-state index is 12.6. The Morgan fingerprint density at radius 2 is 2.00 bits per heavy atom. The molecule has 140 valence electrons. The molecule has 0 bridgehead atoms. The molecule has 1 aliphatic heterocycles. The number of para-hydroxylation sites is 1. The fourth-order valence-electron chi connectivity index (χ4n) is 2.78. The molecule has 6 nitrogen and oxygen atoms in total. The summed E-state index contributed by atoms with van der Waals surface area (Å²) in [5.41, 5.74) is 4.18. The van der Waals surface area contributed by atoms with E-state index in [1.165, 1.54) is 0 Å². The minimum absolute atomic E-state index is 0.127. The lowest BCUT2D eigenvalue weighted by Gasteiger charge is -2.14. The third kappa shape index (κ3) is 4.68. The molecular formula is C20H21N3O3S. The summed E-state index contributed by atoms with van der Waals surface area (Å²) in [6.07, 6.45) is 0.241. The Hall–Kier alpha value is -2.80. The van der Waals surface area contributed by atoms with Crippen LogP contribution in [0.4, 0.5) is 10.5 Å². The molecule has 1 unspecified atom stereocenters. The van der Waals surface area contributed by atoms with Gasteiger partial charge in [-0.05, 0) is 24.3 Å². The van der Waals surface area contributed by atoms with Crippen LogP contribution in [0.3, 0.4) is 0 Å². The molecule has 0 fully saturated rings. The Kier molecular flexibility index (Phi) is 6.13. The molecule has 7 heteroatoms. The topological polar surface area (TPSA) is 79.8 Å². The summed E-state index contributed by atoms with van der Waals surface area (Å²) in [5, 5.41) is 5.43. The lowest BCUT2D eigenvalue weighted by Crippen LogP contribution is -2.42. The summed E-state index contributed by atoms with van der Waals surface area (Å²) in [6.45, 7) is 2.05. The van der Waals surface area contributed by atoms with Crippen molar-refractivity contribution in [3.63, 3.8) is 0 Å². The largest absolute Gasteiger partial charge is 0.445 e. The quantitative estimate of drug-likeness (QED) is 0.830. The number of thioether (sulfide) groups is 1. The first-order chi connectivity index (χ1) is 13.1. The van der Waals surface area contributed by atoms with Crippen LogP contribution in [0.2, 0.25) is 0 Å². The first-order valence-electron chi connectivity index (χ1n) is 8.52. The van der Waals surface area contributed by atoms with E-state index in [9.17, 15) is 9.59 Å². The van der Waals surface area contributed by atoms with Gasteiger partial charge >= 0.3 is 6.09 Å². The van der Waals surface area contributed by atoms with Crippen LogP contribution in [-0.2, 0) is 16.1 Å². The first kappa shape index (κ1) is 19.0. The maximum absolute atomic E-state index is 12.6. The molecule has 2 aromatic rings. The van der Waals surface area contributed by atoms with Crippen molar-refractivity contribution in [2.24, 2.45) is 4.99 Å². The SMILES string of the molecule is CSCC1=NC(NC(=O)OCc2ccccc2)C(=O)Nc2c(C)cccc21. The number of nitrogens with one attached hydrogen (secondary N) is 2. The van der Waals surface area contributed by atoms with E-state index in [1.54, 1.807) is 11.8 Å². The van der Waals surface area contributed by atoms with E-state index in [2.05, 4.69) is 15.6 Å². The molecule has 1 atom stereocenters. The van der Waals surface area contributed by atoms with Gasteiger partial charge in [0, 0.05) is 11.3 Å². The Morgan fingerprint density at radius 1 is 1.22 bits per heavy atom. The molecule has 0 aliphatic carbocycles. The van der Waals surface area contributed by atoms with Gasteiger partial charge in [-0.3, -0.25) is 15.1 Å². The molecule has 2 amide bonds. The monoisotopic (exact) mass is 383 g/mol. The fourth-order valence-corrected chi connectivity index (χ4v) is 3.28. The van der Waals surface area contributed by atoms with Gasteiger partial charge in [-0.1, -0.05) is 48.5 Å². The van der Waals surface area contributed by atoms with E-state index in [0.717, 1.165) is 28.1 Å². The highest BCUT2D eigenvalue weighted by Crippen LogP contribution is 2.25. The van der Waals surface area contributed by atoms with Gasteiger partial charge in [0.1, 0.15) is 6.61 Å². The standard InChI is InChI=1S/C20H21N3O3S/c1-13-7-6-10-15-16(12-27-2)21-18(19(24)22-17(13)15)23-20(25)26-11-14-8-4-3-5-9-14/h3-10,18H,11-12H2,1-2H3,(H,22,24)(H,23,25). The summed E-state index contributed by atoms with van der Waals surface area (Å²) in [7, 11) is 0. The minimum Gasteiger partial charge on any atom is -0.445 e. The van der Waals surface area contributed by atoms with Gasteiger partial charge in [0.05, 0.1) is 11.4 Å². The van der Waals surface area contributed by atoms with Crippen molar-refractivity contribution in [1.29, 1.82) is 0 Å². The van der Waals surface area contributed by atoms with Crippen molar-refractivity contribution in [2.45, 2.75) is 19.7 Å². The summed E-state index contributed by atoms with van der Waals surface area (Å²) in [4.78, 5) is 29.2. The van der Waals surface area contributed by atoms with Gasteiger partial charge in [0.15, 0.2) is 0 Å². The van der Waals surface area contributed by atoms with Crippen molar-refractivity contribution >= 4 is 35.2 Å². The van der Waals surface area contributed by atoms with Crippen molar-refractivity contribution in [1.82, 2.24) is 5.32 Å². The number of benzene rings is 2. The Balaban J connectivity index is 1.75. The number of anilines is 1. The third-order valence-corrected chi connectivity index (χ3v) is 4.68. The van der Waals surface area contributed by atoms with Crippen LogP contribution in [0.25, 0.3) is 0 Å². The van der Waals surface area contributed by atoms with Gasteiger partial charge in [-0.25, -0.2) is 4.79 Å². The van der Waals surface area contributed by atoms with Crippen molar-refractivity contribution in [3.05, 3.63) is 65.2 Å². The Labute approximate surface area is 162 Å². The number of hydrogen-bond donors (Lipinski definition) is 2. The Bertz CT molecular complexity index is 868. The molecule has 0 saturated carbocycles. The lowest BCUT2D eigenvalue weighted by atomic mass is 10.0. The number of fused-ring (bicyclic) bond motifs is 1. The average molecular weight is 383 g/mol. The van der Waals surface area contributed by atoms with Crippen molar-refractivity contribution in [2.75, 3.05) is 17.3 Å². The zero-order valence-corrected chi connectivity index (χ0v) is 16.0. The van der Waals surface area contributed by atoms with E-state index in [4.69, 9.17) is 4.74 Å². The summed E-state index contributed by atoms with van der Waals surface area (Å²) >= 11 is 1.60. The fraction of sp³-hybridized carbons (Fsp3) is 0.250. The predicted molar refractivity (Wildman–Crippen MR) is 108 cm³/mol. The van der Waals surface area contributed by atoms with Gasteiger partial charge in [0.25, 0.3) is 5.91 Å². The molecule has 0 aromatic heterocycles. The molecule has 27 heavy (non-hydrogen) atoms. The van der Waals surface area contributed by atoms with Crippen LogP contribution >= 0.6 is 11.8 Å².